The Balaban J connectivity index is 2.17. The monoisotopic (exact) mass is 246 g/mol. The SMILES string of the molecule is Cc1ccc(C(N)Cc2ccncc2)c(Cl)c1. The molecule has 1 heterocycles. The van der Waals surface area contributed by atoms with Gasteiger partial charge in [0.2, 0.25) is 0 Å². The zero-order chi connectivity index (χ0) is 12.3. The summed E-state index contributed by atoms with van der Waals surface area (Å²) in [5, 5.41) is 0.742. The van der Waals surface area contributed by atoms with Crippen LogP contribution in [0.5, 0.6) is 0 Å². The molecule has 0 saturated carbocycles. The summed E-state index contributed by atoms with van der Waals surface area (Å²) >= 11 is 6.20. The third kappa shape index (κ3) is 3.05. The molecule has 0 bridgehead atoms. The summed E-state index contributed by atoms with van der Waals surface area (Å²) in [5.74, 6) is 0. The van der Waals surface area contributed by atoms with Crippen molar-refractivity contribution in [3.05, 3.63) is 64.4 Å². The summed E-state index contributed by atoms with van der Waals surface area (Å²) in [4.78, 5) is 3.99. The molecule has 0 amide bonds. The van der Waals surface area contributed by atoms with Gasteiger partial charge in [-0.2, -0.15) is 0 Å². The second-order valence-corrected chi connectivity index (χ2v) is 4.60. The van der Waals surface area contributed by atoms with E-state index in [1.807, 2.05) is 37.3 Å². The van der Waals surface area contributed by atoms with E-state index in [-0.39, 0.29) is 6.04 Å². The standard InChI is InChI=1S/C14H15ClN2/c1-10-2-3-12(13(15)8-10)14(16)9-11-4-6-17-7-5-11/h2-8,14H,9,16H2,1H3. The van der Waals surface area contributed by atoms with Gasteiger partial charge in [0.15, 0.2) is 0 Å². The Morgan fingerprint density at radius 2 is 1.94 bits per heavy atom. The molecule has 1 atom stereocenters. The highest BCUT2D eigenvalue weighted by atomic mass is 35.5. The van der Waals surface area contributed by atoms with Gasteiger partial charge in [0.05, 0.1) is 0 Å². The normalized spacial score (nSPS) is 12.4. The topological polar surface area (TPSA) is 38.9 Å². The van der Waals surface area contributed by atoms with Crippen LogP contribution in [0, 0.1) is 6.92 Å². The highest BCUT2D eigenvalue weighted by Gasteiger charge is 2.10. The van der Waals surface area contributed by atoms with Crippen LogP contribution in [0.15, 0.2) is 42.7 Å². The largest absolute Gasteiger partial charge is 0.324 e. The predicted octanol–water partition coefficient (Wildman–Crippen LogP) is 3.29. The predicted molar refractivity (Wildman–Crippen MR) is 71.1 cm³/mol. The Bertz CT molecular complexity index is 497. The van der Waals surface area contributed by atoms with Gasteiger partial charge in [-0.15, -0.1) is 0 Å². The first-order chi connectivity index (χ1) is 8.16. The number of benzene rings is 1. The molecule has 0 aliphatic carbocycles. The fourth-order valence-corrected chi connectivity index (χ4v) is 2.19. The van der Waals surface area contributed by atoms with Crippen molar-refractivity contribution < 1.29 is 0 Å². The number of rotatable bonds is 3. The number of pyridine rings is 1. The Labute approximate surface area is 106 Å². The van der Waals surface area contributed by atoms with Crippen LogP contribution in [0.1, 0.15) is 22.7 Å². The van der Waals surface area contributed by atoms with Crippen LogP contribution < -0.4 is 5.73 Å². The van der Waals surface area contributed by atoms with Gasteiger partial charge in [-0.1, -0.05) is 23.7 Å². The third-order valence-corrected chi connectivity index (χ3v) is 3.09. The van der Waals surface area contributed by atoms with Crippen molar-refractivity contribution in [2.24, 2.45) is 5.73 Å². The molecule has 0 saturated heterocycles. The number of nitrogens with two attached hydrogens (primary N) is 1. The summed E-state index contributed by atoms with van der Waals surface area (Å²) in [6.07, 6.45) is 4.32. The zero-order valence-electron chi connectivity index (χ0n) is 9.73. The van der Waals surface area contributed by atoms with Crippen molar-refractivity contribution in [3.63, 3.8) is 0 Å². The van der Waals surface area contributed by atoms with E-state index < -0.39 is 0 Å². The van der Waals surface area contributed by atoms with E-state index in [2.05, 4.69) is 4.98 Å². The molecule has 2 N–H and O–H groups in total. The fourth-order valence-electron chi connectivity index (χ4n) is 1.82. The lowest BCUT2D eigenvalue weighted by Gasteiger charge is -2.14. The molecular formula is C14H15ClN2. The van der Waals surface area contributed by atoms with Crippen LogP contribution in [0.4, 0.5) is 0 Å². The van der Waals surface area contributed by atoms with Crippen molar-refractivity contribution in [2.45, 2.75) is 19.4 Å². The molecule has 3 heteroatoms. The van der Waals surface area contributed by atoms with Crippen LogP contribution in [-0.2, 0) is 6.42 Å². The molecule has 0 aliphatic rings. The molecule has 2 nitrogen and oxygen atoms in total. The van der Waals surface area contributed by atoms with E-state index in [9.17, 15) is 0 Å². The van der Waals surface area contributed by atoms with E-state index in [0.29, 0.717) is 0 Å². The molecule has 1 unspecified atom stereocenters. The highest BCUT2D eigenvalue weighted by molar-refractivity contribution is 6.31. The zero-order valence-corrected chi connectivity index (χ0v) is 10.5. The third-order valence-electron chi connectivity index (χ3n) is 2.76. The summed E-state index contributed by atoms with van der Waals surface area (Å²) in [5.41, 5.74) is 9.49. The van der Waals surface area contributed by atoms with Gasteiger partial charge < -0.3 is 5.73 Å². The van der Waals surface area contributed by atoms with Crippen molar-refractivity contribution >= 4 is 11.6 Å². The minimum atomic E-state index is -0.0782. The molecule has 0 radical (unpaired) electrons. The first-order valence-corrected chi connectivity index (χ1v) is 5.95. The molecule has 2 rings (SSSR count). The highest BCUT2D eigenvalue weighted by Crippen LogP contribution is 2.24. The van der Waals surface area contributed by atoms with Crippen molar-refractivity contribution in [1.82, 2.24) is 4.98 Å². The minimum absolute atomic E-state index is 0.0782. The lowest BCUT2D eigenvalue weighted by Crippen LogP contribution is -2.13. The number of aromatic nitrogens is 1. The first-order valence-electron chi connectivity index (χ1n) is 5.57. The summed E-state index contributed by atoms with van der Waals surface area (Å²) in [7, 11) is 0. The van der Waals surface area contributed by atoms with Gasteiger partial charge in [-0.3, -0.25) is 4.98 Å². The van der Waals surface area contributed by atoms with Crippen molar-refractivity contribution in [1.29, 1.82) is 0 Å². The fraction of sp³-hybridized carbons (Fsp3) is 0.214. The van der Waals surface area contributed by atoms with Crippen LogP contribution in [0.3, 0.4) is 0 Å². The van der Waals surface area contributed by atoms with Crippen LogP contribution in [0.2, 0.25) is 5.02 Å². The van der Waals surface area contributed by atoms with Gasteiger partial charge in [0, 0.05) is 23.5 Å². The van der Waals surface area contributed by atoms with Gasteiger partial charge in [-0.25, -0.2) is 0 Å². The Kier molecular flexibility index (Phi) is 3.77. The maximum Gasteiger partial charge on any atom is 0.0456 e. The second-order valence-electron chi connectivity index (χ2n) is 4.19. The average Bonchev–Trinajstić information content (AvgIpc) is 2.30. The molecule has 17 heavy (non-hydrogen) atoms. The number of halogens is 1. The van der Waals surface area contributed by atoms with Gasteiger partial charge >= 0.3 is 0 Å². The first kappa shape index (κ1) is 12.1. The summed E-state index contributed by atoms with van der Waals surface area (Å²) < 4.78 is 0. The number of nitrogens with zero attached hydrogens (tertiary/aromatic N) is 1. The summed E-state index contributed by atoms with van der Waals surface area (Å²) in [6, 6.07) is 9.86. The Hall–Kier alpha value is -1.38. The maximum absolute atomic E-state index is 6.20. The molecule has 0 fully saturated rings. The molecule has 2 aromatic rings. The van der Waals surface area contributed by atoms with Crippen LogP contribution >= 0.6 is 11.6 Å². The van der Waals surface area contributed by atoms with Crippen LogP contribution in [-0.4, -0.2) is 4.98 Å². The van der Waals surface area contributed by atoms with Crippen LogP contribution in [0.25, 0.3) is 0 Å². The summed E-state index contributed by atoms with van der Waals surface area (Å²) in [6.45, 7) is 2.02. The molecule has 1 aromatic heterocycles. The Morgan fingerprint density at radius 3 is 2.59 bits per heavy atom. The van der Waals surface area contributed by atoms with E-state index in [0.717, 1.165) is 22.6 Å². The average molecular weight is 247 g/mol. The molecule has 1 aromatic carbocycles. The lowest BCUT2D eigenvalue weighted by molar-refractivity contribution is 0.721. The minimum Gasteiger partial charge on any atom is -0.324 e. The molecular weight excluding hydrogens is 232 g/mol. The van der Waals surface area contributed by atoms with Gasteiger partial charge in [0.25, 0.3) is 0 Å². The number of hydrogen-bond donors (Lipinski definition) is 1. The smallest absolute Gasteiger partial charge is 0.0456 e. The van der Waals surface area contributed by atoms with Gasteiger partial charge in [-0.05, 0) is 48.2 Å². The van der Waals surface area contributed by atoms with E-state index >= 15 is 0 Å². The van der Waals surface area contributed by atoms with Gasteiger partial charge in [0.1, 0.15) is 0 Å². The Morgan fingerprint density at radius 1 is 1.24 bits per heavy atom. The molecule has 0 aliphatic heterocycles. The molecule has 88 valence electrons. The van der Waals surface area contributed by atoms with Crippen molar-refractivity contribution in [2.75, 3.05) is 0 Å². The lowest BCUT2D eigenvalue weighted by atomic mass is 9.99. The maximum atomic E-state index is 6.20. The number of hydrogen-bond acceptors (Lipinski definition) is 2. The second kappa shape index (κ2) is 5.30. The van der Waals surface area contributed by atoms with E-state index in [4.69, 9.17) is 17.3 Å². The quantitative estimate of drug-likeness (QED) is 0.903. The number of aryl methyl sites for hydroxylation is 1. The van der Waals surface area contributed by atoms with E-state index in [1.165, 1.54) is 5.56 Å². The van der Waals surface area contributed by atoms with E-state index in [1.54, 1.807) is 12.4 Å². The molecule has 0 spiro atoms. The van der Waals surface area contributed by atoms with Crippen molar-refractivity contribution in [3.8, 4) is 0 Å².